The lowest BCUT2D eigenvalue weighted by Crippen LogP contribution is -2.32. The maximum Gasteiger partial charge on any atom is 0.0653 e. The summed E-state index contributed by atoms with van der Waals surface area (Å²) < 4.78 is 0. The Morgan fingerprint density at radius 1 is 1.27 bits per heavy atom. The monoisotopic (exact) mass is 350 g/mol. The SMILES string of the molecule is C=CC(=N/C=C(\CC)CCC)C(C)NC(=C)Cc1ccc(C2CC2)cc1. The van der Waals surface area contributed by atoms with E-state index in [4.69, 9.17) is 0 Å². The molecule has 1 unspecified atom stereocenters. The van der Waals surface area contributed by atoms with Crippen LogP contribution >= 0.6 is 0 Å². The second kappa shape index (κ2) is 10.2. The van der Waals surface area contributed by atoms with Gasteiger partial charge >= 0.3 is 0 Å². The van der Waals surface area contributed by atoms with Crippen LogP contribution in [0.15, 0.2) is 66.0 Å². The molecular weight excluding hydrogens is 316 g/mol. The van der Waals surface area contributed by atoms with Crippen LogP contribution in [0.3, 0.4) is 0 Å². The van der Waals surface area contributed by atoms with E-state index >= 15 is 0 Å². The first-order chi connectivity index (χ1) is 12.6. The Labute approximate surface area is 159 Å². The average Bonchev–Trinajstić information content (AvgIpc) is 3.47. The highest BCUT2D eigenvalue weighted by atomic mass is 14.9. The summed E-state index contributed by atoms with van der Waals surface area (Å²) in [4.78, 5) is 4.66. The van der Waals surface area contributed by atoms with Crippen LogP contribution in [0.4, 0.5) is 0 Å². The van der Waals surface area contributed by atoms with Crippen LogP contribution in [0.5, 0.6) is 0 Å². The Balaban J connectivity index is 1.91. The summed E-state index contributed by atoms with van der Waals surface area (Å²) in [7, 11) is 0. The lowest BCUT2D eigenvalue weighted by atomic mass is 10.0. The largest absolute Gasteiger partial charge is 0.380 e. The molecule has 0 aliphatic heterocycles. The second-order valence-electron chi connectivity index (χ2n) is 7.31. The van der Waals surface area contributed by atoms with Crippen LogP contribution < -0.4 is 5.32 Å². The molecule has 1 aliphatic rings. The number of hydrogen-bond donors (Lipinski definition) is 1. The summed E-state index contributed by atoms with van der Waals surface area (Å²) in [6.45, 7) is 14.6. The number of nitrogens with zero attached hydrogens (tertiary/aromatic N) is 1. The fourth-order valence-corrected chi connectivity index (χ4v) is 3.16. The smallest absolute Gasteiger partial charge is 0.0653 e. The van der Waals surface area contributed by atoms with Crippen molar-refractivity contribution in [2.24, 2.45) is 4.99 Å². The van der Waals surface area contributed by atoms with Crippen molar-refractivity contribution in [1.82, 2.24) is 5.32 Å². The highest BCUT2D eigenvalue weighted by Crippen LogP contribution is 2.39. The summed E-state index contributed by atoms with van der Waals surface area (Å²) >= 11 is 0. The van der Waals surface area contributed by atoms with Crippen molar-refractivity contribution >= 4 is 5.71 Å². The van der Waals surface area contributed by atoms with Gasteiger partial charge in [0.25, 0.3) is 0 Å². The second-order valence-corrected chi connectivity index (χ2v) is 7.31. The molecule has 2 rings (SSSR count). The van der Waals surface area contributed by atoms with E-state index in [2.05, 4.69) is 68.5 Å². The van der Waals surface area contributed by atoms with E-state index in [-0.39, 0.29) is 6.04 Å². The van der Waals surface area contributed by atoms with Crippen LogP contribution in [-0.2, 0) is 6.42 Å². The highest BCUT2D eigenvalue weighted by Gasteiger charge is 2.22. The van der Waals surface area contributed by atoms with E-state index in [1.54, 1.807) is 0 Å². The minimum absolute atomic E-state index is 0.0988. The first kappa shape index (κ1) is 20.2. The molecule has 0 spiro atoms. The molecule has 1 saturated carbocycles. The summed E-state index contributed by atoms with van der Waals surface area (Å²) in [5.41, 5.74) is 6.13. The normalized spacial score (nSPS) is 16.3. The molecule has 1 fully saturated rings. The Kier molecular flexibility index (Phi) is 7.90. The Morgan fingerprint density at radius 3 is 2.50 bits per heavy atom. The molecule has 0 heterocycles. The van der Waals surface area contributed by atoms with Gasteiger partial charge in [0.1, 0.15) is 0 Å². The Bertz CT molecular complexity index is 660. The van der Waals surface area contributed by atoms with Gasteiger partial charge in [-0.25, -0.2) is 0 Å². The maximum atomic E-state index is 4.66. The molecule has 0 amide bonds. The topological polar surface area (TPSA) is 24.4 Å². The van der Waals surface area contributed by atoms with Crippen LogP contribution in [-0.4, -0.2) is 11.8 Å². The zero-order valence-corrected chi connectivity index (χ0v) is 16.7. The van der Waals surface area contributed by atoms with Crippen LogP contribution in [0.1, 0.15) is 69.9 Å². The van der Waals surface area contributed by atoms with Gasteiger partial charge in [-0.05, 0) is 55.7 Å². The third-order valence-electron chi connectivity index (χ3n) is 4.94. The van der Waals surface area contributed by atoms with Crippen molar-refractivity contribution < 1.29 is 0 Å². The van der Waals surface area contributed by atoms with E-state index in [9.17, 15) is 0 Å². The number of benzene rings is 1. The fraction of sp³-hybridized carbons (Fsp3) is 0.458. The third kappa shape index (κ3) is 6.33. The molecule has 0 bridgehead atoms. The van der Waals surface area contributed by atoms with Crippen molar-refractivity contribution in [2.45, 2.75) is 71.3 Å². The van der Waals surface area contributed by atoms with E-state index in [0.29, 0.717) is 0 Å². The predicted molar refractivity (Wildman–Crippen MR) is 115 cm³/mol. The van der Waals surface area contributed by atoms with Crippen LogP contribution in [0.25, 0.3) is 0 Å². The van der Waals surface area contributed by atoms with Crippen LogP contribution in [0, 0.1) is 0 Å². The quantitative estimate of drug-likeness (QED) is 0.464. The van der Waals surface area contributed by atoms with Crippen LogP contribution in [0.2, 0.25) is 0 Å². The number of aliphatic imine (C=N–C) groups is 1. The standard InChI is InChI=1S/C24H34N2/c1-6-9-20(7-2)17-25-24(8-3)19(5)26-18(4)16-21-10-12-22(13-11-21)23-14-15-23/h8,10-13,17,19,23,26H,3-4,6-7,9,14-16H2,1-2,5H3/b20-17+,25-24?. The molecular formula is C24H34N2. The molecule has 2 nitrogen and oxygen atoms in total. The van der Waals surface area contributed by atoms with E-state index in [1.165, 1.54) is 29.5 Å². The molecule has 140 valence electrons. The Morgan fingerprint density at radius 2 is 1.96 bits per heavy atom. The zero-order chi connectivity index (χ0) is 18.9. The highest BCUT2D eigenvalue weighted by molar-refractivity contribution is 5.99. The molecule has 2 heteroatoms. The molecule has 1 aliphatic carbocycles. The average molecular weight is 351 g/mol. The van der Waals surface area contributed by atoms with Gasteiger partial charge in [0.15, 0.2) is 0 Å². The minimum Gasteiger partial charge on any atom is -0.380 e. The first-order valence-corrected chi connectivity index (χ1v) is 9.98. The lowest BCUT2D eigenvalue weighted by Gasteiger charge is -2.17. The van der Waals surface area contributed by atoms with Gasteiger partial charge in [-0.3, -0.25) is 4.99 Å². The van der Waals surface area contributed by atoms with Gasteiger partial charge in [0, 0.05) is 18.3 Å². The Hall–Kier alpha value is -2.09. The van der Waals surface area contributed by atoms with Crippen molar-refractivity contribution in [3.05, 3.63) is 72.1 Å². The number of nitrogens with one attached hydrogen (secondary N) is 1. The van der Waals surface area contributed by atoms with Crippen molar-refractivity contribution in [3.8, 4) is 0 Å². The van der Waals surface area contributed by atoms with Gasteiger partial charge in [0.2, 0.25) is 0 Å². The summed E-state index contributed by atoms with van der Waals surface area (Å²) in [5.74, 6) is 0.811. The summed E-state index contributed by atoms with van der Waals surface area (Å²) in [5, 5.41) is 3.48. The van der Waals surface area contributed by atoms with Crippen molar-refractivity contribution in [3.63, 3.8) is 0 Å². The minimum atomic E-state index is 0.0988. The van der Waals surface area contributed by atoms with Gasteiger partial charge in [-0.15, -0.1) is 0 Å². The molecule has 1 N–H and O–H groups in total. The molecule has 1 atom stereocenters. The summed E-state index contributed by atoms with van der Waals surface area (Å²) in [6.07, 6.45) is 10.7. The van der Waals surface area contributed by atoms with E-state index < -0.39 is 0 Å². The number of hydrogen-bond acceptors (Lipinski definition) is 2. The van der Waals surface area contributed by atoms with E-state index in [1.807, 2.05) is 12.3 Å². The van der Waals surface area contributed by atoms with Gasteiger partial charge in [-0.1, -0.05) is 63.3 Å². The maximum absolute atomic E-state index is 4.66. The summed E-state index contributed by atoms with van der Waals surface area (Å²) in [6, 6.07) is 9.10. The predicted octanol–water partition coefficient (Wildman–Crippen LogP) is 6.32. The fourth-order valence-electron chi connectivity index (χ4n) is 3.16. The van der Waals surface area contributed by atoms with E-state index in [0.717, 1.165) is 43.0 Å². The van der Waals surface area contributed by atoms with Crippen molar-refractivity contribution in [2.75, 3.05) is 0 Å². The molecule has 0 radical (unpaired) electrons. The van der Waals surface area contributed by atoms with Gasteiger partial charge in [0.05, 0.1) is 11.8 Å². The molecule has 26 heavy (non-hydrogen) atoms. The van der Waals surface area contributed by atoms with Crippen molar-refractivity contribution in [1.29, 1.82) is 0 Å². The van der Waals surface area contributed by atoms with Gasteiger partial charge < -0.3 is 5.32 Å². The molecule has 1 aromatic rings. The number of rotatable bonds is 11. The zero-order valence-electron chi connectivity index (χ0n) is 16.7. The molecule has 1 aromatic carbocycles. The number of allylic oxidation sites excluding steroid dienone is 2. The molecule has 0 saturated heterocycles. The van der Waals surface area contributed by atoms with Gasteiger partial charge in [-0.2, -0.15) is 0 Å². The lowest BCUT2D eigenvalue weighted by molar-refractivity contribution is 0.742. The third-order valence-corrected chi connectivity index (χ3v) is 4.94. The molecule has 0 aromatic heterocycles. The first-order valence-electron chi connectivity index (χ1n) is 9.98.